The first-order chi connectivity index (χ1) is 13.5. The van der Waals surface area contributed by atoms with E-state index in [-0.39, 0.29) is 11.7 Å². The third kappa shape index (κ3) is 5.26. The summed E-state index contributed by atoms with van der Waals surface area (Å²) in [6.07, 6.45) is 19.2. The van der Waals surface area contributed by atoms with Crippen molar-refractivity contribution in [2.45, 2.75) is 32.7 Å². The third-order valence-electron chi connectivity index (χ3n) is 4.07. The zero-order chi connectivity index (χ0) is 20.5. The first-order valence-electron chi connectivity index (χ1n) is 9.05. The van der Waals surface area contributed by atoms with Gasteiger partial charge in [-0.05, 0) is 19.9 Å². The molecule has 1 unspecified atom stereocenters. The highest BCUT2D eigenvalue weighted by Gasteiger charge is 2.15. The number of rotatable bonds is 6. The number of hydrogen-bond donors (Lipinski definition) is 1. The molecule has 0 aliphatic heterocycles. The Hall–Kier alpha value is -3.48. The van der Waals surface area contributed by atoms with Gasteiger partial charge in [-0.1, -0.05) is 43.4 Å². The Morgan fingerprint density at radius 1 is 1.50 bits per heavy atom. The zero-order valence-electron chi connectivity index (χ0n) is 16.2. The second kappa shape index (κ2) is 10.0. The number of imidazole rings is 1. The molecule has 1 aliphatic rings. The Labute approximate surface area is 164 Å². The fourth-order valence-electron chi connectivity index (χ4n) is 2.39. The van der Waals surface area contributed by atoms with E-state index >= 15 is 0 Å². The van der Waals surface area contributed by atoms with E-state index in [1.54, 1.807) is 19.3 Å². The van der Waals surface area contributed by atoms with Crippen LogP contribution in [0.1, 0.15) is 32.4 Å². The third-order valence-corrected chi connectivity index (χ3v) is 4.07. The van der Waals surface area contributed by atoms with Gasteiger partial charge in [0, 0.05) is 30.4 Å². The smallest absolute Gasteiger partial charge is 0.238 e. The second-order valence-electron chi connectivity index (χ2n) is 6.15. The van der Waals surface area contributed by atoms with Crippen LogP contribution in [0, 0.1) is 10.1 Å². The molecule has 28 heavy (non-hydrogen) atoms. The summed E-state index contributed by atoms with van der Waals surface area (Å²) in [4.78, 5) is 18.0. The van der Waals surface area contributed by atoms with Gasteiger partial charge < -0.3 is 5.32 Å². The van der Waals surface area contributed by atoms with E-state index in [2.05, 4.69) is 60.8 Å². The lowest BCUT2D eigenvalue weighted by Crippen LogP contribution is -2.14. The molecule has 3 rings (SSSR count). The van der Waals surface area contributed by atoms with Crippen LogP contribution >= 0.6 is 0 Å². The van der Waals surface area contributed by atoms with Gasteiger partial charge in [0.15, 0.2) is 5.65 Å². The number of nitrogens with zero attached hydrogens (tertiary/aromatic N) is 4. The molecule has 1 atom stereocenters. The van der Waals surface area contributed by atoms with E-state index in [1.807, 2.05) is 16.7 Å². The van der Waals surface area contributed by atoms with Crippen LogP contribution in [0.2, 0.25) is 0 Å². The van der Waals surface area contributed by atoms with Gasteiger partial charge in [0.25, 0.3) is 0 Å². The average Bonchev–Trinajstić information content (AvgIpc) is 2.87. The summed E-state index contributed by atoms with van der Waals surface area (Å²) in [5.74, 6) is 0.964. The lowest BCUT2D eigenvalue weighted by Gasteiger charge is -2.12. The van der Waals surface area contributed by atoms with Crippen molar-refractivity contribution in [3.63, 3.8) is 0 Å². The largest absolute Gasteiger partial charge is 0.363 e. The Balaban J connectivity index is 0.000000345. The quantitative estimate of drug-likeness (QED) is 0.442. The predicted octanol–water partition coefficient (Wildman–Crippen LogP) is 4.80. The van der Waals surface area contributed by atoms with Crippen LogP contribution in [-0.4, -0.2) is 25.3 Å². The van der Waals surface area contributed by atoms with E-state index in [1.165, 1.54) is 0 Å². The Kier molecular flexibility index (Phi) is 7.45. The molecule has 0 saturated carbocycles. The minimum atomic E-state index is -0.472. The van der Waals surface area contributed by atoms with Crippen molar-refractivity contribution in [2.75, 3.05) is 5.32 Å². The molecule has 0 spiro atoms. The molecule has 0 amide bonds. The van der Waals surface area contributed by atoms with Crippen molar-refractivity contribution in [3.8, 4) is 0 Å². The molecule has 146 valence electrons. The highest BCUT2D eigenvalue weighted by Crippen LogP contribution is 2.27. The molecule has 0 bridgehead atoms. The van der Waals surface area contributed by atoms with Crippen LogP contribution < -0.4 is 5.32 Å². The van der Waals surface area contributed by atoms with Gasteiger partial charge in [-0.2, -0.15) is 0 Å². The molecule has 0 fully saturated rings. The molecule has 0 saturated heterocycles. The van der Waals surface area contributed by atoms with Crippen LogP contribution in [0.5, 0.6) is 0 Å². The van der Waals surface area contributed by atoms with Crippen LogP contribution in [0.25, 0.3) is 11.2 Å². The van der Waals surface area contributed by atoms with E-state index in [0.29, 0.717) is 6.42 Å². The maximum atomic E-state index is 9.64. The van der Waals surface area contributed by atoms with E-state index < -0.39 is 4.92 Å². The standard InChI is InChI=1S/C17H18N4.C4H7NO2/c1-3-13(2)19-17-16(14-8-6-4-5-7-9-14)20-15-12-18-10-11-21(15)17;1-3-4(2)5(6)7/h3-4,6-13,19H,1,5H2,2H3;2-3H2,1H3. The number of allylic oxidation sites excluding steroid dienone is 7. The monoisotopic (exact) mass is 379 g/mol. The van der Waals surface area contributed by atoms with Crippen LogP contribution in [0.4, 0.5) is 5.82 Å². The molecular weight excluding hydrogens is 354 g/mol. The highest BCUT2D eigenvalue weighted by atomic mass is 16.6. The summed E-state index contributed by atoms with van der Waals surface area (Å²) < 4.78 is 2.02. The lowest BCUT2D eigenvalue weighted by atomic mass is 10.1. The number of hydrogen-bond acceptors (Lipinski definition) is 5. The molecule has 2 aromatic heterocycles. The Morgan fingerprint density at radius 3 is 2.93 bits per heavy atom. The Morgan fingerprint density at radius 2 is 2.29 bits per heavy atom. The first-order valence-corrected chi connectivity index (χ1v) is 9.05. The van der Waals surface area contributed by atoms with Gasteiger partial charge in [-0.3, -0.25) is 19.5 Å². The van der Waals surface area contributed by atoms with Gasteiger partial charge in [0.05, 0.1) is 11.1 Å². The number of aromatic nitrogens is 3. The van der Waals surface area contributed by atoms with E-state index in [9.17, 15) is 10.1 Å². The minimum Gasteiger partial charge on any atom is -0.363 e. The summed E-state index contributed by atoms with van der Waals surface area (Å²) in [7, 11) is 0. The fourth-order valence-corrected chi connectivity index (χ4v) is 2.39. The molecule has 0 radical (unpaired) electrons. The topological polar surface area (TPSA) is 85.4 Å². The summed E-state index contributed by atoms with van der Waals surface area (Å²) in [6, 6.07) is 0.155. The normalized spacial score (nSPS) is 13.7. The van der Waals surface area contributed by atoms with Crippen molar-refractivity contribution < 1.29 is 4.92 Å². The van der Waals surface area contributed by atoms with Crippen LogP contribution in [0.3, 0.4) is 0 Å². The molecular formula is C21H25N5O2. The second-order valence-corrected chi connectivity index (χ2v) is 6.15. The van der Waals surface area contributed by atoms with Crippen LogP contribution in [0.15, 0.2) is 73.9 Å². The molecule has 0 aromatic carbocycles. The van der Waals surface area contributed by atoms with Crippen molar-refractivity contribution in [3.05, 3.63) is 89.7 Å². The number of nitrogens with one attached hydrogen (secondary N) is 1. The first kappa shape index (κ1) is 20.8. The summed E-state index contributed by atoms with van der Waals surface area (Å²) in [5.41, 5.74) is 2.92. The average molecular weight is 379 g/mol. The Bertz CT molecular complexity index is 953. The van der Waals surface area contributed by atoms with E-state index in [4.69, 9.17) is 4.98 Å². The maximum Gasteiger partial charge on any atom is 0.238 e. The van der Waals surface area contributed by atoms with Gasteiger partial charge in [0.2, 0.25) is 5.70 Å². The van der Waals surface area contributed by atoms with Gasteiger partial charge in [-0.25, -0.2) is 4.98 Å². The van der Waals surface area contributed by atoms with Gasteiger partial charge >= 0.3 is 0 Å². The highest BCUT2D eigenvalue weighted by molar-refractivity contribution is 5.82. The van der Waals surface area contributed by atoms with Crippen LogP contribution in [-0.2, 0) is 0 Å². The van der Waals surface area contributed by atoms with Crippen molar-refractivity contribution in [1.29, 1.82) is 0 Å². The zero-order valence-corrected chi connectivity index (χ0v) is 16.2. The SMILES string of the molecule is C=C(CC)[N+](=O)[O-].C=CC(C)Nc1c(C2=CC=CCC=C2)nc2cnccn12. The number of anilines is 1. The van der Waals surface area contributed by atoms with Gasteiger partial charge in [0.1, 0.15) is 11.5 Å². The number of fused-ring (bicyclic) bond motifs is 1. The molecule has 1 aliphatic carbocycles. The molecule has 7 nitrogen and oxygen atoms in total. The fraction of sp³-hybridized carbons (Fsp3) is 0.238. The lowest BCUT2D eigenvalue weighted by molar-refractivity contribution is -0.426. The molecule has 2 aromatic rings. The van der Waals surface area contributed by atoms with Crippen molar-refractivity contribution in [2.24, 2.45) is 0 Å². The summed E-state index contributed by atoms with van der Waals surface area (Å²) in [5, 5.41) is 13.1. The minimum absolute atomic E-state index is 0.0694. The molecule has 2 heterocycles. The van der Waals surface area contributed by atoms with Gasteiger partial charge in [-0.15, -0.1) is 6.58 Å². The molecule has 1 N–H and O–H groups in total. The van der Waals surface area contributed by atoms with Crippen molar-refractivity contribution in [1.82, 2.24) is 14.4 Å². The predicted molar refractivity (Wildman–Crippen MR) is 114 cm³/mol. The summed E-state index contributed by atoms with van der Waals surface area (Å²) in [6.45, 7) is 10.8. The summed E-state index contributed by atoms with van der Waals surface area (Å²) >= 11 is 0. The molecule has 7 heteroatoms. The number of nitro groups is 1. The maximum absolute atomic E-state index is 9.64. The van der Waals surface area contributed by atoms with Crippen molar-refractivity contribution >= 4 is 17.0 Å². The van der Waals surface area contributed by atoms with E-state index in [0.717, 1.165) is 29.2 Å².